The van der Waals surface area contributed by atoms with Crippen molar-refractivity contribution in [3.63, 3.8) is 0 Å². The molecule has 0 aromatic heterocycles. The van der Waals surface area contributed by atoms with Crippen molar-refractivity contribution >= 4 is 15.9 Å². The van der Waals surface area contributed by atoms with E-state index in [9.17, 15) is 0 Å². The van der Waals surface area contributed by atoms with Gasteiger partial charge in [0.1, 0.15) is 0 Å². The number of benzene rings is 1. The number of hydrogen-bond acceptors (Lipinski definition) is 2. The highest BCUT2D eigenvalue weighted by Gasteiger charge is 2.07. The zero-order chi connectivity index (χ0) is 9.68. The van der Waals surface area contributed by atoms with E-state index in [2.05, 4.69) is 28.2 Å². The van der Waals surface area contributed by atoms with E-state index in [1.807, 2.05) is 24.3 Å². The van der Waals surface area contributed by atoms with Crippen molar-refractivity contribution < 1.29 is 0 Å². The van der Waals surface area contributed by atoms with Gasteiger partial charge in [-0.15, -0.1) is 0 Å². The molecular weight excluding hydrogens is 228 g/mol. The molecule has 3 heteroatoms. The molecule has 13 heavy (non-hydrogen) atoms. The van der Waals surface area contributed by atoms with Crippen LogP contribution in [0.25, 0.3) is 0 Å². The van der Waals surface area contributed by atoms with Gasteiger partial charge in [-0.1, -0.05) is 41.1 Å². The van der Waals surface area contributed by atoms with Crippen molar-refractivity contribution in [3.05, 3.63) is 34.3 Å². The molecule has 0 aliphatic carbocycles. The van der Waals surface area contributed by atoms with Gasteiger partial charge in [0.15, 0.2) is 0 Å². The molecule has 1 rings (SSSR count). The summed E-state index contributed by atoms with van der Waals surface area (Å²) in [6.07, 6.45) is 0. The van der Waals surface area contributed by atoms with E-state index in [0.717, 1.165) is 23.1 Å². The number of nitrogens with one attached hydrogen (secondary N) is 1. The Hall–Kier alpha value is -0.380. The lowest BCUT2D eigenvalue weighted by atomic mass is 10.1. The summed E-state index contributed by atoms with van der Waals surface area (Å²) in [6.45, 7) is 3.85. The fourth-order valence-corrected chi connectivity index (χ4v) is 1.76. The van der Waals surface area contributed by atoms with Gasteiger partial charge in [-0.25, -0.2) is 0 Å². The van der Waals surface area contributed by atoms with E-state index in [1.54, 1.807) is 0 Å². The maximum absolute atomic E-state index is 5.99. The van der Waals surface area contributed by atoms with Crippen LogP contribution in [0.3, 0.4) is 0 Å². The Morgan fingerprint density at radius 2 is 2.15 bits per heavy atom. The molecule has 0 amide bonds. The van der Waals surface area contributed by atoms with Gasteiger partial charge >= 0.3 is 0 Å². The van der Waals surface area contributed by atoms with E-state index >= 15 is 0 Å². The summed E-state index contributed by atoms with van der Waals surface area (Å²) in [4.78, 5) is 0. The Labute approximate surface area is 87.6 Å². The molecule has 0 saturated heterocycles. The van der Waals surface area contributed by atoms with Gasteiger partial charge in [0.05, 0.1) is 0 Å². The number of hydrogen-bond donors (Lipinski definition) is 2. The van der Waals surface area contributed by atoms with Crippen molar-refractivity contribution in [3.8, 4) is 0 Å². The Morgan fingerprint density at radius 3 is 2.77 bits per heavy atom. The largest absolute Gasteiger partial charge is 0.323 e. The van der Waals surface area contributed by atoms with Crippen LogP contribution in [0.15, 0.2) is 28.7 Å². The molecular formula is C10H15BrN2. The molecule has 3 N–H and O–H groups in total. The fourth-order valence-electron chi connectivity index (χ4n) is 1.19. The second-order valence-electron chi connectivity index (χ2n) is 2.94. The van der Waals surface area contributed by atoms with Crippen LogP contribution in [0.5, 0.6) is 0 Å². The van der Waals surface area contributed by atoms with Crippen LogP contribution in [-0.4, -0.2) is 13.1 Å². The minimum atomic E-state index is 0.0653. The van der Waals surface area contributed by atoms with Crippen LogP contribution >= 0.6 is 15.9 Å². The van der Waals surface area contributed by atoms with Crippen molar-refractivity contribution in [2.24, 2.45) is 5.73 Å². The Morgan fingerprint density at radius 1 is 1.46 bits per heavy atom. The molecule has 0 aliphatic rings. The molecule has 0 bridgehead atoms. The SMILES string of the molecule is CCNCC(N)c1ccccc1Br. The molecule has 0 aliphatic heterocycles. The molecule has 0 spiro atoms. The summed E-state index contributed by atoms with van der Waals surface area (Å²) in [5.74, 6) is 0. The highest BCUT2D eigenvalue weighted by atomic mass is 79.9. The highest BCUT2D eigenvalue weighted by Crippen LogP contribution is 2.20. The quantitative estimate of drug-likeness (QED) is 0.849. The zero-order valence-electron chi connectivity index (χ0n) is 7.76. The average Bonchev–Trinajstić information content (AvgIpc) is 2.15. The average molecular weight is 243 g/mol. The molecule has 2 nitrogen and oxygen atoms in total. The molecule has 0 saturated carbocycles. The van der Waals surface area contributed by atoms with Gasteiger partial charge in [-0.2, -0.15) is 0 Å². The first kappa shape index (κ1) is 10.7. The molecule has 0 radical (unpaired) electrons. The lowest BCUT2D eigenvalue weighted by molar-refractivity contribution is 0.614. The monoisotopic (exact) mass is 242 g/mol. The lowest BCUT2D eigenvalue weighted by Gasteiger charge is -2.13. The fraction of sp³-hybridized carbons (Fsp3) is 0.400. The third-order valence-corrected chi connectivity index (χ3v) is 2.64. The normalized spacial score (nSPS) is 12.8. The standard InChI is InChI=1S/C10H15BrN2/c1-2-13-7-10(12)8-5-3-4-6-9(8)11/h3-6,10,13H,2,7,12H2,1H3. The van der Waals surface area contributed by atoms with Gasteiger partial charge in [0.2, 0.25) is 0 Å². The maximum Gasteiger partial charge on any atom is 0.0432 e. The second-order valence-corrected chi connectivity index (χ2v) is 3.79. The molecule has 0 fully saturated rings. The first-order valence-electron chi connectivity index (χ1n) is 4.46. The summed E-state index contributed by atoms with van der Waals surface area (Å²) in [6, 6.07) is 8.13. The van der Waals surface area contributed by atoms with E-state index in [-0.39, 0.29) is 6.04 Å². The summed E-state index contributed by atoms with van der Waals surface area (Å²) < 4.78 is 1.08. The van der Waals surface area contributed by atoms with Gasteiger partial charge in [0.25, 0.3) is 0 Å². The van der Waals surface area contributed by atoms with Crippen LogP contribution < -0.4 is 11.1 Å². The molecule has 1 atom stereocenters. The van der Waals surface area contributed by atoms with Crippen LogP contribution in [0, 0.1) is 0 Å². The third kappa shape index (κ3) is 3.10. The molecule has 72 valence electrons. The van der Waals surface area contributed by atoms with E-state index in [0.29, 0.717) is 0 Å². The topological polar surface area (TPSA) is 38.0 Å². The van der Waals surface area contributed by atoms with Gasteiger partial charge in [-0.05, 0) is 18.2 Å². The van der Waals surface area contributed by atoms with Crippen molar-refractivity contribution in [1.82, 2.24) is 5.32 Å². The molecule has 0 heterocycles. The van der Waals surface area contributed by atoms with Gasteiger partial charge in [-0.3, -0.25) is 0 Å². The first-order valence-corrected chi connectivity index (χ1v) is 5.25. The minimum absolute atomic E-state index is 0.0653. The Bertz CT molecular complexity index is 263. The number of likely N-dealkylation sites (N-methyl/N-ethyl adjacent to an activating group) is 1. The number of nitrogens with two attached hydrogens (primary N) is 1. The molecule has 1 aromatic carbocycles. The molecule has 1 unspecified atom stereocenters. The summed E-state index contributed by atoms with van der Waals surface area (Å²) in [7, 11) is 0. The summed E-state index contributed by atoms with van der Waals surface area (Å²) in [5.41, 5.74) is 7.15. The Kier molecular flexibility index (Phi) is 4.42. The van der Waals surface area contributed by atoms with Crippen molar-refractivity contribution in [1.29, 1.82) is 0 Å². The lowest BCUT2D eigenvalue weighted by Crippen LogP contribution is -2.26. The van der Waals surface area contributed by atoms with Crippen LogP contribution in [0.1, 0.15) is 18.5 Å². The predicted octanol–water partition coefficient (Wildman–Crippen LogP) is 2.06. The predicted molar refractivity (Wildman–Crippen MR) is 59.6 cm³/mol. The molecule has 1 aromatic rings. The highest BCUT2D eigenvalue weighted by molar-refractivity contribution is 9.10. The summed E-state index contributed by atoms with van der Waals surface area (Å²) in [5, 5.41) is 3.23. The maximum atomic E-state index is 5.99. The smallest absolute Gasteiger partial charge is 0.0432 e. The minimum Gasteiger partial charge on any atom is -0.323 e. The zero-order valence-corrected chi connectivity index (χ0v) is 9.34. The van der Waals surface area contributed by atoms with E-state index < -0.39 is 0 Å². The Balaban J connectivity index is 2.65. The van der Waals surface area contributed by atoms with Crippen LogP contribution in [0.2, 0.25) is 0 Å². The van der Waals surface area contributed by atoms with Gasteiger partial charge < -0.3 is 11.1 Å². The second kappa shape index (κ2) is 5.37. The third-order valence-electron chi connectivity index (χ3n) is 1.92. The summed E-state index contributed by atoms with van der Waals surface area (Å²) >= 11 is 3.48. The van der Waals surface area contributed by atoms with E-state index in [4.69, 9.17) is 5.73 Å². The van der Waals surface area contributed by atoms with Crippen LogP contribution in [-0.2, 0) is 0 Å². The number of rotatable bonds is 4. The van der Waals surface area contributed by atoms with Gasteiger partial charge in [0, 0.05) is 17.1 Å². The van der Waals surface area contributed by atoms with Crippen molar-refractivity contribution in [2.45, 2.75) is 13.0 Å². The first-order chi connectivity index (χ1) is 6.25. The van der Waals surface area contributed by atoms with Crippen molar-refractivity contribution in [2.75, 3.05) is 13.1 Å². The van der Waals surface area contributed by atoms with Crippen LogP contribution in [0.4, 0.5) is 0 Å². The number of halogens is 1. The van der Waals surface area contributed by atoms with E-state index in [1.165, 1.54) is 0 Å².